The molecule has 2 nitrogen and oxygen atoms in total. The van der Waals surface area contributed by atoms with Crippen molar-refractivity contribution in [1.82, 2.24) is 0 Å². The number of carboxylic acid groups (broad SMARTS) is 1. The molecule has 3 rings (SSSR count). The van der Waals surface area contributed by atoms with Gasteiger partial charge in [-0.15, -0.1) is 0 Å². The van der Waals surface area contributed by atoms with Gasteiger partial charge in [-0.3, -0.25) is 0 Å². The fraction of sp³-hybridized carbons (Fsp3) is 0.0625. The summed E-state index contributed by atoms with van der Waals surface area (Å²) in [6.07, 6.45) is 3.09. The van der Waals surface area contributed by atoms with Gasteiger partial charge in [-0.2, -0.15) is 0 Å². The van der Waals surface area contributed by atoms with Crippen molar-refractivity contribution in [2.24, 2.45) is 0 Å². The van der Waals surface area contributed by atoms with Crippen molar-refractivity contribution >= 4 is 17.6 Å². The molecule has 0 radical (unpaired) electrons. The van der Waals surface area contributed by atoms with Gasteiger partial charge in [0.05, 0.1) is 5.56 Å². The lowest BCUT2D eigenvalue weighted by atomic mass is 10.0. The van der Waals surface area contributed by atoms with Crippen LogP contribution in [0.2, 0.25) is 0 Å². The molecule has 0 heterocycles. The first-order chi connectivity index (χ1) is 8.74. The van der Waals surface area contributed by atoms with E-state index in [1.54, 1.807) is 12.1 Å². The number of carboxylic acids is 1. The third-order valence-corrected chi connectivity index (χ3v) is 3.27. The highest BCUT2D eigenvalue weighted by atomic mass is 16.4. The van der Waals surface area contributed by atoms with E-state index in [0.717, 1.165) is 12.0 Å². The summed E-state index contributed by atoms with van der Waals surface area (Å²) in [5.41, 5.74) is 5.25. The number of aromatic carboxylic acids is 1. The number of benzene rings is 2. The van der Waals surface area contributed by atoms with Gasteiger partial charge in [0.2, 0.25) is 0 Å². The van der Waals surface area contributed by atoms with E-state index < -0.39 is 5.97 Å². The third kappa shape index (κ3) is 1.82. The monoisotopic (exact) mass is 236 g/mol. The average molecular weight is 236 g/mol. The molecular weight excluding hydrogens is 224 g/mol. The van der Waals surface area contributed by atoms with Gasteiger partial charge in [-0.05, 0) is 40.8 Å². The number of hydrogen-bond donors (Lipinski definition) is 1. The van der Waals surface area contributed by atoms with Crippen LogP contribution in [-0.2, 0) is 6.42 Å². The Morgan fingerprint density at radius 2 is 1.72 bits per heavy atom. The summed E-state index contributed by atoms with van der Waals surface area (Å²) in [6, 6.07) is 15.4. The fourth-order valence-electron chi connectivity index (χ4n) is 2.29. The molecule has 1 aliphatic rings. The Kier molecular flexibility index (Phi) is 2.49. The van der Waals surface area contributed by atoms with E-state index in [9.17, 15) is 4.79 Å². The summed E-state index contributed by atoms with van der Waals surface area (Å²) in [5, 5.41) is 8.87. The SMILES string of the molecule is O=C(O)c1ccc(C2=Cc3ccccc3C2)cc1. The minimum Gasteiger partial charge on any atom is -0.478 e. The predicted molar refractivity (Wildman–Crippen MR) is 71.4 cm³/mol. The molecule has 0 aliphatic heterocycles. The van der Waals surface area contributed by atoms with E-state index in [0.29, 0.717) is 5.56 Å². The van der Waals surface area contributed by atoms with Crippen molar-refractivity contribution < 1.29 is 9.90 Å². The summed E-state index contributed by atoms with van der Waals surface area (Å²) >= 11 is 0. The molecular formula is C16H12O2. The Hall–Kier alpha value is -2.35. The lowest BCUT2D eigenvalue weighted by molar-refractivity contribution is 0.0697. The largest absolute Gasteiger partial charge is 0.478 e. The van der Waals surface area contributed by atoms with Crippen LogP contribution in [-0.4, -0.2) is 11.1 Å². The molecule has 2 aromatic rings. The summed E-state index contributed by atoms with van der Waals surface area (Å²) in [6.45, 7) is 0. The van der Waals surface area contributed by atoms with Crippen molar-refractivity contribution in [2.75, 3.05) is 0 Å². The Morgan fingerprint density at radius 1 is 1.00 bits per heavy atom. The van der Waals surface area contributed by atoms with E-state index in [-0.39, 0.29) is 0 Å². The van der Waals surface area contributed by atoms with Crippen molar-refractivity contribution in [3.63, 3.8) is 0 Å². The maximum absolute atomic E-state index is 10.8. The molecule has 1 aliphatic carbocycles. The second-order valence-corrected chi connectivity index (χ2v) is 4.43. The number of allylic oxidation sites excluding steroid dienone is 1. The molecule has 0 amide bonds. The summed E-state index contributed by atoms with van der Waals surface area (Å²) in [5.74, 6) is -0.884. The van der Waals surface area contributed by atoms with Crippen LogP contribution in [0, 0.1) is 0 Å². The first-order valence-corrected chi connectivity index (χ1v) is 5.86. The molecule has 0 unspecified atom stereocenters. The number of rotatable bonds is 2. The zero-order valence-corrected chi connectivity index (χ0v) is 9.76. The van der Waals surface area contributed by atoms with Crippen molar-refractivity contribution in [3.8, 4) is 0 Å². The minimum atomic E-state index is -0.884. The highest BCUT2D eigenvalue weighted by molar-refractivity contribution is 5.91. The van der Waals surface area contributed by atoms with Crippen molar-refractivity contribution in [2.45, 2.75) is 6.42 Å². The van der Waals surface area contributed by atoms with Crippen LogP contribution in [0.1, 0.15) is 27.0 Å². The standard InChI is InChI=1S/C16H12O2/c17-16(18)12-7-5-11(6-8-12)15-9-13-3-1-2-4-14(13)10-15/h1-9H,10H2,(H,17,18). The van der Waals surface area contributed by atoms with Crippen LogP contribution in [0.5, 0.6) is 0 Å². The van der Waals surface area contributed by atoms with Crippen LogP contribution < -0.4 is 0 Å². The molecule has 88 valence electrons. The molecule has 0 bridgehead atoms. The molecule has 0 atom stereocenters. The molecule has 2 heteroatoms. The first-order valence-electron chi connectivity index (χ1n) is 5.86. The third-order valence-electron chi connectivity index (χ3n) is 3.27. The maximum atomic E-state index is 10.8. The van der Waals surface area contributed by atoms with Crippen LogP contribution in [0.15, 0.2) is 48.5 Å². The van der Waals surface area contributed by atoms with Gasteiger partial charge in [0.25, 0.3) is 0 Å². The smallest absolute Gasteiger partial charge is 0.335 e. The van der Waals surface area contributed by atoms with Gasteiger partial charge < -0.3 is 5.11 Å². The average Bonchev–Trinajstić information content (AvgIpc) is 2.82. The Bertz CT molecular complexity index is 636. The molecule has 0 saturated heterocycles. The van der Waals surface area contributed by atoms with E-state index >= 15 is 0 Å². The van der Waals surface area contributed by atoms with Gasteiger partial charge in [0, 0.05) is 0 Å². The number of carbonyl (C=O) groups is 1. The highest BCUT2D eigenvalue weighted by Gasteiger charge is 2.13. The van der Waals surface area contributed by atoms with Crippen LogP contribution >= 0.6 is 0 Å². The van der Waals surface area contributed by atoms with Crippen molar-refractivity contribution in [1.29, 1.82) is 0 Å². The van der Waals surface area contributed by atoms with E-state index in [4.69, 9.17) is 5.11 Å². The minimum absolute atomic E-state index is 0.329. The normalized spacial score (nSPS) is 13.0. The lowest BCUT2D eigenvalue weighted by Crippen LogP contribution is -1.95. The molecule has 0 fully saturated rings. The summed E-state index contributed by atoms with van der Waals surface area (Å²) in [4.78, 5) is 10.8. The molecule has 2 aromatic carbocycles. The predicted octanol–water partition coefficient (Wildman–Crippen LogP) is 3.48. The second-order valence-electron chi connectivity index (χ2n) is 4.43. The first kappa shape index (κ1) is 10.8. The van der Waals surface area contributed by atoms with E-state index in [1.807, 2.05) is 24.3 Å². The van der Waals surface area contributed by atoms with E-state index in [2.05, 4.69) is 18.2 Å². The van der Waals surface area contributed by atoms with Crippen LogP contribution in [0.25, 0.3) is 11.6 Å². The van der Waals surface area contributed by atoms with Crippen LogP contribution in [0.4, 0.5) is 0 Å². The van der Waals surface area contributed by atoms with Crippen LogP contribution in [0.3, 0.4) is 0 Å². The fourth-order valence-corrected chi connectivity index (χ4v) is 2.29. The van der Waals surface area contributed by atoms with Gasteiger partial charge in [0.1, 0.15) is 0 Å². The maximum Gasteiger partial charge on any atom is 0.335 e. The Labute approximate surface area is 105 Å². The topological polar surface area (TPSA) is 37.3 Å². The lowest BCUT2D eigenvalue weighted by Gasteiger charge is -2.02. The molecule has 0 aromatic heterocycles. The van der Waals surface area contributed by atoms with Gasteiger partial charge in [0.15, 0.2) is 0 Å². The number of fused-ring (bicyclic) bond motifs is 1. The molecule has 1 N–H and O–H groups in total. The summed E-state index contributed by atoms with van der Waals surface area (Å²) < 4.78 is 0. The Balaban J connectivity index is 1.92. The molecule has 0 spiro atoms. The highest BCUT2D eigenvalue weighted by Crippen LogP contribution is 2.31. The molecule has 18 heavy (non-hydrogen) atoms. The van der Waals surface area contributed by atoms with E-state index in [1.165, 1.54) is 16.7 Å². The molecule has 0 saturated carbocycles. The zero-order chi connectivity index (χ0) is 12.5. The summed E-state index contributed by atoms with van der Waals surface area (Å²) in [7, 11) is 0. The van der Waals surface area contributed by atoms with Gasteiger partial charge >= 0.3 is 5.97 Å². The zero-order valence-electron chi connectivity index (χ0n) is 9.76. The Morgan fingerprint density at radius 3 is 2.39 bits per heavy atom. The van der Waals surface area contributed by atoms with Gasteiger partial charge in [-0.25, -0.2) is 4.79 Å². The second kappa shape index (κ2) is 4.15. The number of hydrogen-bond acceptors (Lipinski definition) is 1. The van der Waals surface area contributed by atoms with Crippen molar-refractivity contribution in [3.05, 3.63) is 70.8 Å². The quantitative estimate of drug-likeness (QED) is 0.866. The van der Waals surface area contributed by atoms with Gasteiger partial charge in [-0.1, -0.05) is 42.5 Å².